The van der Waals surface area contributed by atoms with Crippen LogP contribution < -0.4 is 10.5 Å². The van der Waals surface area contributed by atoms with E-state index in [0.29, 0.717) is 0 Å². The van der Waals surface area contributed by atoms with Crippen molar-refractivity contribution in [3.63, 3.8) is 0 Å². The van der Waals surface area contributed by atoms with Gasteiger partial charge in [0.05, 0.1) is 13.2 Å². The number of likely N-dealkylation sites (N-methyl/N-ethyl adjacent to an activating group) is 1. The Kier molecular flexibility index (Phi) is 3.94. The lowest BCUT2D eigenvalue weighted by Crippen LogP contribution is -2.46. The van der Waals surface area contributed by atoms with Gasteiger partial charge in [0.1, 0.15) is 5.75 Å². The van der Waals surface area contributed by atoms with Crippen molar-refractivity contribution in [1.29, 1.82) is 0 Å². The van der Waals surface area contributed by atoms with Crippen molar-refractivity contribution >= 4 is 0 Å². The zero-order chi connectivity index (χ0) is 12.3. The molecule has 2 N–H and O–H groups in total. The van der Waals surface area contributed by atoms with E-state index in [2.05, 4.69) is 11.0 Å². The van der Waals surface area contributed by atoms with Crippen LogP contribution in [0.3, 0.4) is 0 Å². The lowest BCUT2D eigenvalue weighted by molar-refractivity contribution is 0.200. The van der Waals surface area contributed by atoms with E-state index in [4.69, 9.17) is 10.5 Å². The summed E-state index contributed by atoms with van der Waals surface area (Å²) < 4.78 is 5.39. The lowest BCUT2D eigenvalue weighted by Gasteiger charge is -2.36. The van der Waals surface area contributed by atoms with Gasteiger partial charge in [-0.1, -0.05) is 18.2 Å². The van der Waals surface area contributed by atoms with Crippen LogP contribution in [0.4, 0.5) is 0 Å². The third kappa shape index (κ3) is 2.74. The minimum atomic E-state index is -0.321. The third-order valence-corrected chi connectivity index (χ3v) is 2.65. The smallest absolute Gasteiger partial charge is 0.123 e. The number of hydrogen-bond acceptors (Lipinski definition) is 3. The van der Waals surface area contributed by atoms with Gasteiger partial charge in [-0.3, -0.25) is 0 Å². The Bertz CT molecular complexity index is 342. The van der Waals surface area contributed by atoms with Gasteiger partial charge < -0.3 is 15.4 Å². The number of nitrogens with zero attached hydrogens (tertiary/aromatic N) is 1. The Balaban J connectivity index is 3.21. The standard InChI is InChI=1S/C13H22N2O/c1-13(2,14)12(15(3)4)10-8-6-7-9-11(10)16-5/h6-9,12H,14H2,1-5H3. The molecule has 0 heterocycles. The maximum atomic E-state index is 6.24. The van der Waals surface area contributed by atoms with Gasteiger partial charge in [0.15, 0.2) is 0 Å². The predicted molar refractivity (Wildman–Crippen MR) is 67.7 cm³/mol. The second-order valence-corrected chi connectivity index (χ2v) is 4.93. The molecule has 1 atom stereocenters. The van der Waals surface area contributed by atoms with Gasteiger partial charge >= 0.3 is 0 Å². The SMILES string of the molecule is COc1ccccc1C(N(C)C)C(C)(C)N. The van der Waals surface area contributed by atoms with Crippen LogP contribution in [0, 0.1) is 0 Å². The van der Waals surface area contributed by atoms with Crippen LogP contribution in [0.2, 0.25) is 0 Å². The number of nitrogens with two attached hydrogens (primary N) is 1. The Labute approximate surface area is 98.2 Å². The van der Waals surface area contributed by atoms with Crippen LogP contribution in [0.1, 0.15) is 25.5 Å². The summed E-state index contributed by atoms with van der Waals surface area (Å²) in [7, 11) is 5.76. The molecule has 0 amide bonds. The Hall–Kier alpha value is -1.06. The highest BCUT2D eigenvalue weighted by molar-refractivity contribution is 5.37. The van der Waals surface area contributed by atoms with Crippen molar-refractivity contribution in [2.24, 2.45) is 5.73 Å². The first kappa shape index (κ1) is 13.0. The average Bonchev–Trinajstić information content (AvgIpc) is 2.15. The van der Waals surface area contributed by atoms with Crippen molar-refractivity contribution in [2.45, 2.75) is 25.4 Å². The maximum Gasteiger partial charge on any atom is 0.123 e. The molecule has 1 aromatic rings. The van der Waals surface area contributed by atoms with E-state index in [1.807, 2.05) is 46.1 Å². The van der Waals surface area contributed by atoms with Gasteiger partial charge in [-0.25, -0.2) is 0 Å². The van der Waals surface area contributed by atoms with Gasteiger partial charge in [0.25, 0.3) is 0 Å². The predicted octanol–water partition coefficient (Wildman–Crippen LogP) is 2.04. The molecule has 0 bridgehead atoms. The molecule has 0 spiro atoms. The van der Waals surface area contributed by atoms with E-state index in [9.17, 15) is 0 Å². The van der Waals surface area contributed by atoms with E-state index in [-0.39, 0.29) is 11.6 Å². The quantitative estimate of drug-likeness (QED) is 0.847. The molecule has 1 rings (SSSR count). The fourth-order valence-corrected chi connectivity index (χ4v) is 2.24. The molecule has 1 aromatic carbocycles. The van der Waals surface area contributed by atoms with Crippen LogP contribution in [0.25, 0.3) is 0 Å². The normalized spacial score (nSPS) is 13.9. The van der Waals surface area contributed by atoms with E-state index in [1.165, 1.54) is 0 Å². The molecule has 1 unspecified atom stereocenters. The maximum absolute atomic E-state index is 6.24. The van der Waals surface area contributed by atoms with Gasteiger partial charge in [-0.2, -0.15) is 0 Å². The molecule has 0 saturated carbocycles. The van der Waals surface area contributed by atoms with Crippen LogP contribution in [0.15, 0.2) is 24.3 Å². The second-order valence-electron chi connectivity index (χ2n) is 4.93. The van der Waals surface area contributed by atoms with Gasteiger partial charge in [-0.15, -0.1) is 0 Å². The molecule has 0 radical (unpaired) electrons. The first-order valence-electron chi connectivity index (χ1n) is 5.46. The van der Waals surface area contributed by atoms with Crippen molar-refractivity contribution in [3.05, 3.63) is 29.8 Å². The van der Waals surface area contributed by atoms with E-state index in [1.54, 1.807) is 7.11 Å². The lowest BCUT2D eigenvalue weighted by atomic mass is 9.88. The highest BCUT2D eigenvalue weighted by Crippen LogP contribution is 2.34. The van der Waals surface area contributed by atoms with Gasteiger partial charge in [-0.05, 0) is 34.0 Å². The summed E-state index contributed by atoms with van der Waals surface area (Å²) in [5, 5.41) is 0. The molecule has 90 valence electrons. The summed E-state index contributed by atoms with van der Waals surface area (Å²) >= 11 is 0. The molecule has 0 aliphatic rings. The van der Waals surface area contributed by atoms with Crippen molar-refractivity contribution in [2.75, 3.05) is 21.2 Å². The summed E-state index contributed by atoms with van der Waals surface area (Å²) in [6.07, 6.45) is 0. The molecule has 3 heteroatoms. The summed E-state index contributed by atoms with van der Waals surface area (Å²) in [4.78, 5) is 2.12. The number of methoxy groups -OCH3 is 1. The fraction of sp³-hybridized carbons (Fsp3) is 0.538. The van der Waals surface area contributed by atoms with E-state index >= 15 is 0 Å². The fourth-order valence-electron chi connectivity index (χ4n) is 2.24. The molecule has 0 aliphatic heterocycles. The number of rotatable bonds is 4. The van der Waals surface area contributed by atoms with Crippen molar-refractivity contribution < 1.29 is 4.74 Å². The molecule has 0 fully saturated rings. The number of hydrogen-bond donors (Lipinski definition) is 1. The van der Waals surface area contributed by atoms with Crippen LogP contribution in [-0.2, 0) is 0 Å². The zero-order valence-corrected chi connectivity index (χ0v) is 10.8. The second kappa shape index (κ2) is 4.85. The van der Waals surface area contributed by atoms with E-state index in [0.717, 1.165) is 11.3 Å². The third-order valence-electron chi connectivity index (χ3n) is 2.65. The zero-order valence-electron chi connectivity index (χ0n) is 10.8. The molecule has 16 heavy (non-hydrogen) atoms. The molecular weight excluding hydrogens is 200 g/mol. The topological polar surface area (TPSA) is 38.5 Å². The summed E-state index contributed by atoms with van der Waals surface area (Å²) in [5.74, 6) is 0.889. The summed E-state index contributed by atoms with van der Waals surface area (Å²) in [6.45, 7) is 4.06. The number of para-hydroxylation sites is 1. The summed E-state index contributed by atoms with van der Waals surface area (Å²) in [5.41, 5.74) is 7.05. The minimum Gasteiger partial charge on any atom is -0.496 e. The van der Waals surface area contributed by atoms with Crippen molar-refractivity contribution in [1.82, 2.24) is 4.90 Å². The van der Waals surface area contributed by atoms with Crippen LogP contribution in [0.5, 0.6) is 5.75 Å². The first-order valence-corrected chi connectivity index (χ1v) is 5.46. The first-order chi connectivity index (χ1) is 7.38. The highest BCUT2D eigenvalue weighted by atomic mass is 16.5. The molecule has 0 aromatic heterocycles. The Morgan fingerprint density at radius 1 is 1.25 bits per heavy atom. The largest absolute Gasteiger partial charge is 0.496 e. The van der Waals surface area contributed by atoms with Gasteiger partial charge in [0.2, 0.25) is 0 Å². The minimum absolute atomic E-state index is 0.128. The molecule has 3 nitrogen and oxygen atoms in total. The molecule has 0 aliphatic carbocycles. The number of ether oxygens (including phenoxy) is 1. The summed E-state index contributed by atoms with van der Waals surface area (Å²) in [6, 6.07) is 8.15. The van der Waals surface area contributed by atoms with Crippen molar-refractivity contribution in [3.8, 4) is 5.75 Å². The molecular formula is C13H22N2O. The Morgan fingerprint density at radius 3 is 2.25 bits per heavy atom. The molecule has 0 saturated heterocycles. The monoisotopic (exact) mass is 222 g/mol. The van der Waals surface area contributed by atoms with Gasteiger partial charge in [0, 0.05) is 11.1 Å². The Morgan fingerprint density at radius 2 is 1.81 bits per heavy atom. The van der Waals surface area contributed by atoms with Crippen LogP contribution in [-0.4, -0.2) is 31.6 Å². The van der Waals surface area contributed by atoms with Crippen LogP contribution >= 0.6 is 0 Å². The number of benzene rings is 1. The highest BCUT2D eigenvalue weighted by Gasteiger charge is 2.30. The average molecular weight is 222 g/mol. The van der Waals surface area contributed by atoms with E-state index < -0.39 is 0 Å².